The number of ether oxygens (including phenoxy) is 3. The number of methoxy groups -OCH3 is 2. The molecule has 0 bridgehead atoms. The van der Waals surface area contributed by atoms with Gasteiger partial charge >= 0.3 is 0 Å². The molecule has 5 heteroatoms. The maximum Gasteiger partial charge on any atom is 0.228 e. The van der Waals surface area contributed by atoms with E-state index < -0.39 is 0 Å². The lowest BCUT2D eigenvalue weighted by Gasteiger charge is -2.29. The molecule has 0 atom stereocenters. The van der Waals surface area contributed by atoms with Crippen LogP contribution in [0.1, 0.15) is 0 Å². The Morgan fingerprint density at radius 1 is 1.25 bits per heavy atom. The molecule has 1 N–H and O–H groups in total. The van der Waals surface area contributed by atoms with Crippen LogP contribution in [0.4, 0.5) is 0 Å². The van der Waals surface area contributed by atoms with E-state index in [2.05, 4.69) is 5.43 Å². The largest absolute Gasteiger partial charge is 0.379 e. The third-order valence-electron chi connectivity index (χ3n) is 1.73. The van der Waals surface area contributed by atoms with Gasteiger partial charge in [0.05, 0.1) is 13.2 Å². The molecule has 0 radical (unpaired) electrons. The van der Waals surface area contributed by atoms with Gasteiger partial charge in [0, 0.05) is 27.3 Å². The second kappa shape index (κ2) is 5.45. The van der Waals surface area contributed by atoms with Crippen molar-refractivity contribution >= 4 is 0 Å². The van der Waals surface area contributed by atoms with Crippen molar-refractivity contribution in [2.75, 3.05) is 40.5 Å². The quantitative estimate of drug-likeness (QED) is 0.579. The molecule has 1 fully saturated rings. The molecule has 5 nitrogen and oxygen atoms in total. The van der Waals surface area contributed by atoms with Crippen LogP contribution in [0.2, 0.25) is 0 Å². The summed E-state index contributed by atoms with van der Waals surface area (Å²) in [5.74, 6) is 0. The smallest absolute Gasteiger partial charge is 0.228 e. The standard InChI is InChI=1S/C7H16N2O3/c1-10-7(11-2)8-9-3-5-12-6-4-9/h7-8H,3-6H2,1-2H3. The number of hydrazine groups is 1. The summed E-state index contributed by atoms with van der Waals surface area (Å²) in [6, 6.07) is 0. The van der Waals surface area contributed by atoms with Gasteiger partial charge in [-0.2, -0.15) is 0 Å². The van der Waals surface area contributed by atoms with Crippen LogP contribution in [-0.4, -0.2) is 51.9 Å². The lowest BCUT2D eigenvalue weighted by molar-refractivity contribution is -0.167. The van der Waals surface area contributed by atoms with Crippen LogP contribution in [0.5, 0.6) is 0 Å². The van der Waals surface area contributed by atoms with Crippen molar-refractivity contribution in [3.05, 3.63) is 0 Å². The number of nitrogens with one attached hydrogen (secondary N) is 1. The fourth-order valence-electron chi connectivity index (χ4n) is 1.04. The molecule has 0 unspecified atom stereocenters. The lowest BCUT2D eigenvalue weighted by atomic mass is 10.5. The van der Waals surface area contributed by atoms with Crippen LogP contribution in [-0.2, 0) is 14.2 Å². The Hall–Kier alpha value is -0.200. The first-order chi connectivity index (χ1) is 5.86. The molecule has 1 saturated heterocycles. The number of rotatable bonds is 4. The molecule has 0 aliphatic carbocycles. The minimum Gasteiger partial charge on any atom is -0.379 e. The second-order valence-electron chi connectivity index (χ2n) is 2.53. The molecule has 1 aliphatic heterocycles. The molecule has 0 aromatic carbocycles. The number of morpholine rings is 1. The molecule has 1 rings (SSSR count). The van der Waals surface area contributed by atoms with Gasteiger partial charge in [0.1, 0.15) is 0 Å². The van der Waals surface area contributed by atoms with Crippen LogP contribution >= 0.6 is 0 Å². The van der Waals surface area contributed by atoms with Gasteiger partial charge in [-0.15, -0.1) is 0 Å². The average Bonchev–Trinajstić information content (AvgIpc) is 2.16. The molecular weight excluding hydrogens is 160 g/mol. The first kappa shape index (κ1) is 9.88. The van der Waals surface area contributed by atoms with E-state index in [1.165, 1.54) is 0 Å². The minimum atomic E-state index is -0.358. The Kier molecular flexibility index (Phi) is 4.49. The van der Waals surface area contributed by atoms with Gasteiger partial charge in [-0.25, -0.2) is 10.4 Å². The molecule has 0 aromatic heterocycles. The number of nitrogens with zero attached hydrogens (tertiary/aromatic N) is 1. The third-order valence-corrected chi connectivity index (χ3v) is 1.73. The van der Waals surface area contributed by atoms with Crippen molar-refractivity contribution in [1.82, 2.24) is 10.4 Å². The normalized spacial score (nSPS) is 20.2. The summed E-state index contributed by atoms with van der Waals surface area (Å²) in [6.45, 7) is 3.24. The van der Waals surface area contributed by atoms with Crippen LogP contribution in [0.15, 0.2) is 0 Å². The lowest BCUT2D eigenvalue weighted by Crippen LogP contribution is -2.51. The summed E-state index contributed by atoms with van der Waals surface area (Å²) in [5.41, 5.74) is 3.06. The number of hydrogen-bond donors (Lipinski definition) is 1. The van der Waals surface area contributed by atoms with Gasteiger partial charge < -0.3 is 14.2 Å². The monoisotopic (exact) mass is 176 g/mol. The maximum absolute atomic E-state index is 5.19. The molecule has 1 aliphatic rings. The predicted octanol–water partition coefficient (Wildman–Crippen LogP) is -0.600. The summed E-state index contributed by atoms with van der Waals surface area (Å²) in [7, 11) is 3.20. The average molecular weight is 176 g/mol. The van der Waals surface area contributed by atoms with Gasteiger partial charge in [0.2, 0.25) is 6.41 Å². The van der Waals surface area contributed by atoms with E-state index >= 15 is 0 Å². The molecular formula is C7H16N2O3. The Bertz CT molecular complexity index is 113. The highest BCUT2D eigenvalue weighted by Gasteiger charge is 2.13. The van der Waals surface area contributed by atoms with Gasteiger partial charge in [0.25, 0.3) is 0 Å². The zero-order chi connectivity index (χ0) is 8.81. The molecule has 0 amide bonds. The molecule has 72 valence electrons. The van der Waals surface area contributed by atoms with Crippen LogP contribution in [0.25, 0.3) is 0 Å². The Labute approximate surface area is 72.5 Å². The second-order valence-corrected chi connectivity index (χ2v) is 2.53. The SMILES string of the molecule is COC(NN1CCOCC1)OC. The molecule has 12 heavy (non-hydrogen) atoms. The summed E-state index contributed by atoms with van der Waals surface area (Å²) in [4.78, 5) is 0. The van der Waals surface area contributed by atoms with E-state index in [1.807, 2.05) is 5.01 Å². The topological polar surface area (TPSA) is 43.0 Å². The van der Waals surface area contributed by atoms with E-state index in [9.17, 15) is 0 Å². The van der Waals surface area contributed by atoms with Gasteiger partial charge in [-0.1, -0.05) is 0 Å². The highest BCUT2D eigenvalue weighted by Crippen LogP contribution is 1.95. The minimum absolute atomic E-state index is 0.358. The zero-order valence-corrected chi connectivity index (χ0v) is 7.58. The van der Waals surface area contributed by atoms with Crippen LogP contribution < -0.4 is 5.43 Å². The van der Waals surface area contributed by atoms with Crippen LogP contribution in [0.3, 0.4) is 0 Å². The fourth-order valence-corrected chi connectivity index (χ4v) is 1.04. The van der Waals surface area contributed by atoms with E-state index in [0.717, 1.165) is 26.3 Å². The maximum atomic E-state index is 5.19. The van der Waals surface area contributed by atoms with Crippen molar-refractivity contribution in [2.24, 2.45) is 0 Å². The van der Waals surface area contributed by atoms with Crippen molar-refractivity contribution < 1.29 is 14.2 Å². The van der Waals surface area contributed by atoms with Crippen molar-refractivity contribution in [3.63, 3.8) is 0 Å². The molecule has 0 saturated carbocycles. The molecule has 1 heterocycles. The van der Waals surface area contributed by atoms with E-state index in [0.29, 0.717) is 0 Å². The Balaban J connectivity index is 2.18. The van der Waals surface area contributed by atoms with Crippen molar-refractivity contribution in [2.45, 2.75) is 6.41 Å². The first-order valence-electron chi connectivity index (χ1n) is 4.01. The highest BCUT2D eigenvalue weighted by atomic mass is 16.7. The Morgan fingerprint density at radius 3 is 2.33 bits per heavy atom. The van der Waals surface area contributed by atoms with Crippen molar-refractivity contribution in [3.8, 4) is 0 Å². The van der Waals surface area contributed by atoms with Crippen molar-refractivity contribution in [1.29, 1.82) is 0 Å². The third kappa shape index (κ3) is 3.04. The van der Waals surface area contributed by atoms with E-state index in [4.69, 9.17) is 14.2 Å². The van der Waals surface area contributed by atoms with Crippen LogP contribution in [0, 0.1) is 0 Å². The molecule has 0 spiro atoms. The molecule has 0 aromatic rings. The summed E-state index contributed by atoms with van der Waals surface area (Å²) < 4.78 is 15.2. The summed E-state index contributed by atoms with van der Waals surface area (Å²) >= 11 is 0. The van der Waals surface area contributed by atoms with Gasteiger partial charge in [0.15, 0.2) is 0 Å². The van der Waals surface area contributed by atoms with Gasteiger partial charge in [-0.3, -0.25) is 0 Å². The first-order valence-corrected chi connectivity index (χ1v) is 4.01. The number of hydrogen-bond acceptors (Lipinski definition) is 5. The fraction of sp³-hybridized carbons (Fsp3) is 1.00. The highest BCUT2D eigenvalue weighted by molar-refractivity contribution is 4.56. The predicted molar refractivity (Wildman–Crippen MR) is 43.3 cm³/mol. The zero-order valence-electron chi connectivity index (χ0n) is 7.58. The Morgan fingerprint density at radius 2 is 1.83 bits per heavy atom. The summed E-state index contributed by atoms with van der Waals surface area (Å²) in [6.07, 6.45) is -0.358. The van der Waals surface area contributed by atoms with E-state index in [1.54, 1.807) is 14.2 Å². The summed E-state index contributed by atoms with van der Waals surface area (Å²) in [5, 5.41) is 2.03. The van der Waals surface area contributed by atoms with Gasteiger partial charge in [-0.05, 0) is 0 Å². The van der Waals surface area contributed by atoms with E-state index in [-0.39, 0.29) is 6.41 Å².